The molecule has 0 saturated carbocycles. The number of amides is 2. The molecule has 0 heterocycles. The number of nitrogens with zero attached hydrogens (tertiary/aromatic N) is 1. The average molecular weight is 448 g/mol. The first-order valence-corrected chi connectivity index (χ1v) is 11.7. The van der Waals surface area contributed by atoms with Crippen molar-refractivity contribution < 1.29 is 22.7 Å². The summed E-state index contributed by atoms with van der Waals surface area (Å²) in [5.41, 5.74) is 5.80. The van der Waals surface area contributed by atoms with Gasteiger partial charge in [-0.3, -0.25) is 20.4 Å². The van der Waals surface area contributed by atoms with Crippen molar-refractivity contribution in [3.05, 3.63) is 59.7 Å². The second-order valence-corrected chi connectivity index (χ2v) is 8.63. The van der Waals surface area contributed by atoms with Crippen LogP contribution < -0.4 is 15.6 Å². The zero-order valence-corrected chi connectivity index (χ0v) is 18.9. The number of aryl methyl sites for hydroxylation is 1. The highest BCUT2D eigenvalue weighted by Crippen LogP contribution is 2.17. The molecule has 2 aromatic carbocycles. The molecule has 0 radical (unpaired) electrons. The van der Waals surface area contributed by atoms with Crippen molar-refractivity contribution in [1.82, 2.24) is 15.2 Å². The predicted octanol–water partition coefficient (Wildman–Crippen LogP) is 2.51. The summed E-state index contributed by atoms with van der Waals surface area (Å²) < 4.78 is 32.0. The molecule has 0 saturated heterocycles. The number of carbonyl (C=O) groups excluding carboxylic acids is 2. The van der Waals surface area contributed by atoms with Crippen molar-refractivity contribution in [2.45, 2.75) is 38.5 Å². The largest absolute Gasteiger partial charge is 0.494 e. The second kappa shape index (κ2) is 11.5. The van der Waals surface area contributed by atoms with Gasteiger partial charge in [0.05, 0.1) is 11.5 Å². The van der Waals surface area contributed by atoms with Gasteiger partial charge in [0.2, 0.25) is 15.9 Å². The summed E-state index contributed by atoms with van der Waals surface area (Å²) in [7, 11) is -3.68. The molecule has 0 bridgehead atoms. The Kier molecular flexibility index (Phi) is 9.02. The maximum absolute atomic E-state index is 12.6. The van der Waals surface area contributed by atoms with Crippen molar-refractivity contribution in [2.75, 3.05) is 19.7 Å². The lowest BCUT2D eigenvalue weighted by Gasteiger charge is -2.18. The Bertz CT molecular complexity index is 986. The fourth-order valence-corrected chi connectivity index (χ4v) is 4.45. The van der Waals surface area contributed by atoms with Crippen molar-refractivity contribution in [1.29, 1.82) is 0 Å². The molecule has 9 heteroatoms. The third-order valence-corrected chi connectivity index (χ3v) is 6.68. The number of ether oxygens (including phenoxy) is 1. The van der Waals surface area contributed by atoms with Gasteiger partial charge >= 0.3 is 0 Å². The molecular formula is C22H29N3O5S. The van der Waals surface area contributed by atoms with Crippen LogP contribution in [0.5, 0.6) is 5.75 Å². The van der Waals surface area contributed by atoms with E-state index in [0.717, 1.165) is 11.3 Å². The lowest BCUT2D eigenvalue weighted by atomic mass is 10.1. The van der Waals surface area contributed by atoms with E-state index in [-0.39, 0.29) is 22.8 Å². The van der Waals surface area contributed by atoms with E-state index in [9.17, 15) is 18.0 Å². The molecule has 2 amide bonds. The molecule has 0 atom stereocenters. The van der Waals surface area contributed by atoms with Gasteiger partial charge in [0.1, 0.15) is 5.75 Å². The van der Waals surface area contributed by atoms with Crippen molar-refractivity contribution in [2.24, 2.45) is 0 Å². The third-order valence-electron chi connectivity index (χ3n) is 4.63. The summed E-state index contributed by atoms with van der Waals surface area (Å²) in [5.74, 6) is -0.173. The van der Waals surface area contributed by atoms with Gasteiger partial charge in [-0.15, -0.1) is 0 Å². The number of hydrogen-bond acceptors (Lipinski definition) is 5. The Labute approximate surface area is 183 Å². The summed E-state index contributed by atoms with van der Waals surface area (Å²) >= 11 is 0. The maximum Gasteiger partial charge on any atom is 0.269 e. The van der Waals surface area contributed by atoms with Crippen LogP contribution in [0.4, 0.5) is 0 Å². The number of benzene rings is 2. The lowest BCUT2D eigenvalue weighted by molar-refractivity contribution is -0.121. The van der Waals surface area contributed by atoms with Crippen molar-refractivity contribution in [3.63, 3.8) is 0 Å². The van der Waals surface area contributed by atoms with E-state index < -0.39 is 15.9 Å². The van der Waals surface area contributed by atoms with E-state index in [1.54, 1.807) is 13.8 Å². The Morgan fingerprint density at radius 3 is 2.26 bits per heavy atom. The van der Waals surface area contributed by atoms with E-state index in [1.807, 2.05) is 31.2 Å². The molecule has 168 valence electrons. The van der Waals surface area contributed by atoms with Crippen LogP contribution in [0.15, 0.2) is 53.4 Å². The van der Waals surface area contributed by atoms with E-state index in [4.69, 9.17) is 4.74 Å². The lowest BCUT2D eigenvalue weighted by Crippen LogP contribution is -2.41. The molecular weight excluding hydrogens is 418 g/mol. The Hall–Kier alpha value is -2.91. The molecule has 0 aliphatic heterocycles. The Morgan fingerprint density at radius 1 is 0.968 bits per heavy atom. The standard InChI is InChI=1S/C22H29N3O5S/c1-4-25(5-2)31(28,29)20-9-7-8-18(16-20)22(27)24-23-21(26)15-12-17-10-13-19(14-11-17)30-6-3/h7-11,13-14,16H,4-6,12,15H2,1-3H3,(H,23,26)(H,24,27). The van der Waals surface area contributed by atoms with Crippen LogP contribution in [-0.2, 0) is 21.2 Å². The molecule has 0 fully saturated rings. The van der Waals surface area contributed by atoms with Gasteiger partial charge in [0.15, 0.2) is 0 Å². The van der Waals surface area contributed by atoms with Gasteiger partial charge in [-0.2, -0.15) is 4.31 Å². The Balaban J connectivity index is 1.91. The smallest absolute Gasteiger partial charge is 0.269 e. The minimum Gasteiger partial charge on any atom is -0.494 e. The molecule has 8 nitrogen and oxygen atoms in total. The molecule has 0 spiro atoms. The number of sulfonamides is 1. The van der Waals surface area contributed by atoms with Gasteiger partial charge in [-0.25, -0.2) is 8.42 Å². The van der Waals surface area contributed by atoms with Crippen molar-refractivity contribution in [3.8, 4) is 5.75 Å². The molecule has 2 rings (SSSR count). The number of hydrogen-bond donors (Lipinski definition) is 2. The van der Waals surface area contributed by atoms with Crippen LogP contribution in [0, 0.1) is 0 Å². The maximum atomic E-state index is 12.6. The molecule has 0 aromatic heterocycles. The van der Waals surface area contributed by atoms with Crippen LogP contribution in [0.3, 0.4) is 0 Å². The minimum atomic E-state index is -3.68. The topological polar surface area (TPSA) is 105 Å². The van der Waals surface area contributed by atoms with E-state index in [2.05, 4.69) is 10.9 Å². The second-order valence-electron chi connectivity index (χ2n) is 6.70. The highest BCUT2D eigenvalue weighted by Gasteiger charge is 2.22. The van der Waals surface area contributed by atoms with Gasteiger partial charge in [-0.05, 0) is 49.2 Å². The SMILES string of the molecule is CCOc1ccc(CCC(=O)NNC(=O)c2cccc(S(=O)(=O)N(CC)CC)c2)cc1. The first kappa shape index (κ1) is 24.4. The van der Waals surface area contributed by atoms with Gasteiger partial charge in [0.25, 0.3) is 5.91 Å². The van der Waals surface area contributed by atoms with Crippen LogP contribution in [0.2, 0.25) is 0 Å². The van der Waals surface area contributed by atoms with Gasteiger partial charge in [0, 0.05) is 25.1 Å². The first-order valence-electron chi connectivity index (χ1n) is 10.2. The summed E-state index contributed by atoms with van der Waals surface area (Å²) in [6, 6.07) is 13.2. The van der Waals surface area contributed by atoms with E-state index in [1.165, 1.54) is 28.6 Å². The number of carbonyl (C=O) groups is 2. The minimum absolute atomic E-state index is 0.0330. The number of hydrazine groups is 1. The summed E-state index contributed by atoms with van der Waals surface area (Å²) in [5, 5.41) is 0. The fraction of sp³-hybridized carbons (Fsp3) is 0.364. The van der Waals surface area contributed by atoms with Crippen LogP contribution >= 0.6 is 0 Å². The fourth-order valence-electron chi connectivity index (χ4n) is 2.95. The molecule has 0 aliphatic carbocycles. The summed E-state index contributed by atoms with van der Waals surface area (Å²) in [4.78, 5) is 24.5. The monoisotopic (exact) mass is 447 g/mol. The summed E-state index contributed by atoms with van der Waals surface area (Å²) in [6.45, 7) is 6.67. The summed E-state index contributed by atoms with van der Waals surface area (Å²) in [6.07, 6.45) is 0.691. The molecule has 2 N–H and O–H groups in total. The highest BCUT2D eigenvalue weighted by atomic mass is 32.2. The van der Waals surface area contributed by atoms with Gasteiger partial charge < -0.3 is 4.74 Å². The first-order chi connectivity index (χ1) is 14.8. The average Bonchev–Trinajstić information content (AvgIpc) is 2.78. The Morgan fingerprint density at radius 2 is 1.65 bits per heavy atom. The predicted molar refractivity (Wildman–Crippen MR) is 118 cm³/mol. The van der Waals surface area contributed by atoms with Gasteiger partial charge in [-0.1, -0.05) is 32.0 Å². The van der Waals surface area contributed by atoms with E-state index >= 15 is 0 Å². The van der Waals surface area contributed by atoms with E-state index in [0.29, 0.717) is 26.1 Å². The molecule has 31 heavy (non-hydrogen) atoms. The normalized spacial score (nSPS) is 11.2. The zero-order valence-electron chi connectivity index (χ0n) is 18.1. The van der Waals surface area contributed by atoms with Crippen LogP contribution in [0.25, 0.3) is 0 Å². The third kappa shape index (κ3) is 6.80. The molecule has 2 aromatic rings. The van der Waals surface area contributed by atoms with Crippen molar-refractivity contribution >= 4 is 21.8 Å². The molecule has 0 unspecified atom stereocenters. The zero-order chi connectivity index (χ0) is 22.9. The number of nitrogens with one attached hydrogen (secondary N) is 2. The highest BCUT2D eigenvalue weighted by molar-refractivity contribution is 7.89. The van der Waals surface area contributed by atoms with Crippen LogP contribution in [0.1, 0.15) is 43.1 Å². The molecule has 0 aliphatic rings. The van der Waals surface area contributed by atoms with Crippen LogP contribution in [-0.4, -0.2) is 44.2 Å². The quantitative estimate of drug-likeness (QED) is 0.545. The number of rotatable bonds is 10.